The molecule has 2 aromatic heterocycles. The number of fused-ring (bicyclic) bond motifs is 1. The largest absolute Gasteiger partial charge is 0.469 e. The minimum absolute atomic E-state index is 0.173. The van der Waals surface area contributed by atoms with Gasteiger partial charge in [0.25, 0.3) is 0 Å². The first-order chi connectivity index (χ1) is 11.7. The van der Waals surface area contributed by atoms with Crippen molar-refractivity contribution in [2.75, 3.05) is 12.3 Å². The van der Waals surface area contributed by atoms with Gasteiger partial charge in [-0.15, -0.1) is 0 Å². The van der Waals surface area contributed by atoms with Gasteiger partial charge in [-0.2, -0.15) is 0 Å². The van der Waals surface area contributed by atoms with E-state index in [1.54, 1.807) is 0 Å². The van der Waals surface area contributed by atoms with Gasteiger partial charge in [0, 0.05) is 6.42 Å². The Bertz CT molecular complexity index is 799. The summed E-state index contributed by atoms with van der Waals surface area (Å²) in [6.07, 6.45) is -1.80. The molecular weight excluding hydrogens is 363 g/mol. The van der Waals surface area contributed by atoms with Crippen molar-refractivity contribution in [1.29, 1.82) is 0 Å². The molecule has 1 aliphatic rings. The summed E-state index contributed by atoms with van der Waals surface area (Å²) in [7, 11) is -4.73. The number of hydrogen-bond acceptors (Lipinski definition) is 7. The fraction of sp³-hybridized carbons (Fsp3) is 0.583. The summed E-state index contributed by atoms with van der Waals surface area (Å²) in [5.74, 6) is -0.472. The Morgan fingerprint density at radius 3 is 2.88 bits per heavy atom. The van der Waals surface area contributed by atoms with Gasteiger partial charge < -0.3 is 20.3 Å². The molecule has 0 radical (unpaired) electrons. The summed E-state index contributed by atoms with van der Waals surface area (Å²) in [4.78, 5) is 29.6. The van der Waals surface area contributed by atoms with Gasteiger partial charge in [0.2, 0.25) is 6.43 Å². The maximum Gasteiger partial charge on any atom is 0.469 e. The second-order valence-electron chi connectivity index (χ2n) is 5.62. The SMILES string of the molecule is Nc1ncnc2c1ncn2C1CC(CC(F)F)C(COP(=O)(O)O)O1. The van der Waals surface area contributed by atoms with Crippen LogP contribution in [0.1, 0.15) is 19.1 Å². The first-order valence-electron chi connectivity index (χ1n) is 7.31. The summed E-state index contributed by atoms with van der Waals surface area (Å²) < 4.78 is 48.1. The summed E-state index contributed by atoms with van der Waals surface area (Å²) in [5, 5.41) is 0. The third-order valence-electron chi connectivity index (χ3n) is 3.95. The number of halogens is 2. The average molecular weight is 379 g/mol. The van der Waals surface area contributed by atoms with E-state index in [0.29, 0.717) is 11.2 Å². The number of nitrogens with zero attached hydrogens (tertiary/aromatic N) is 4. The molecule has 3 heterocycles. The van der Waals surface area contributed by atoms with Crippen LogP contribution < -0.4 is 5.73 Å². The number of alkyl halides is 2. The zero-order valence-corrected chi connectivity index (χ0v) is 13.7. The number of nitrogens with two attached hydrogens (primary N) is 1. The monoisotopic (exact) mass is 379 g/mol. The van der Waals surface area contributed by atoms with Crippen LogP contribution in [0.25, 0.3) is 11.2 Å². The van der Waals surface area contributed by atoms with Gasteiger partial charge in [0.05, 0.1) is 19.0 Å². The van der Waals surface area contributed by atoms with Gasteiger partial charge in [0.15, 0.2) is 11.5 Å². The molecule has 0 spiro atoms. The second-order valence-corrected chi connectivity index (χ2v) is 6.86. The first-order valence-corrected chi connectivity index (χ1v) is 8.84. The predicted octanol–water partition coefficient (Wildman–Crippen LogP) is 1.08. The van der Waals surface area contributed by atoms with E-state index in [1.165, 1.54) is 17.2 Å². The van der Waals surface area contributed by atoms with E-state index >= 15 is 0 Å². The fourth-order valence-electron chi connectivity index (χ4n) is 2.86. The van der Waals surface area contributed by atoms with Crippen LogP contribution in [-0.2, 0) is 13.8 Å². The van der Waals surface area contributed by atoms with Crippen LogP contribution in [0.4, 0.5) is 14.6 Å². The summed E-state index contributed by atoms with van der Waals surface area (Å²) in [5.41, 5.74) is 6.44. The van der Waals surface area contributed by atoms with Crippen LogP contribution in [0.2, 0.25) is 0 Å². The van der Waals surface area contributed by atoms with Crippen molar-refractivity contribution in [3.8, 4) is 0 Å². The maximum atomic E-state index is 12.8. The minimum Gasteiger partial charge on any atom is -0.382 e. The molecule has 1 aliphatic heterocycles. The Labute approximate surface area is 140 Å². The Morgan fingerprint density at radius 2 is 2.20 bits per heavy atom. The molecule has 0 aliphatic carbocycles. The van der Waals surface area contributed by atoms with Gasteiger partial charge >= 0.3 is 7.82 Å². The number of phosphoric ester groups is 1. The van der Waals surface area contributed by atoms with E-state index in [0.717, 1.165) is 0 Å². The molecule has 25 heavy (non-hydrogen) atoms. The van der Waals surface area contributed by atoms with Crippen molar-refractivity contribution in [2.45, 2.75) is 31.6 Å². The average Bonchev–Trinajstić information content (AvgIpc) is 3.08. The van der Waals surface area contributed by atoms with Gasteiger partial charge in [-0.1, -0.05) is 0 Å². The molecule has 4 N–H and O–H groups in total. The van der Waals surface area contributed by atoms with E-state index < -0.39 is 45.5 Å². The van der Waals surface area contributed by atoms with Crippen molar-refractivity contribution in [1.82, 2.24) is 19.5 Å². The molecule has 0 bridgehead atoms. The first kappa shape index (κ1) is 18.1. The van der Waals surface area contributed by atoms with Crippen molar-refractivity contribution < 1.29 is 32.4 Å². The topological polar surface area (TPSA) is 146 Å². The molecule has 1 fully saturated rings. The van der Waals surface area contributed by atoms with Crippen LogP contribution >= 0.6 is 7.82 Å². The summed E-state index contributed by atoms with van der Waals surface area (Å²) >= 11 is 0. The van der Waals surface area contributed by atoms with E-state index in [9.17, 15) is 13.3 Å². The molecule has 2 aromatic rings. The number of anilines is 1. The second kappa shape index (κ2) is 6.89. The lowest BCUT2D eigenvalue weighted by molar-refractivity contribution is -0.0337. The molecule has 138 valence electrons. The predicted molar refractivity (Wildman–Crippen MR) is 80.4 cm³/mol. The lowest BCUT2D eigenvalue weighted by Gasteiger charge is -2.18. The Morgan fingerprint density at radius 1 is 1.44 bits per heavy atom. The van der Waals surface area contributed by atoms with Crippen LogP contribution in [0.5, 0.6) is 0 Å². The van der Waals surface area contributed by atoms with E-state index in [1.807, 2.05) is 0 Å². The van der Waals surface area contributed by atoms with Crippen LogP contribution in [0.3, 0.4) is 0 Å². The third-order valence-corrected chi connectivity index (χ3v) is 4.43. The highest BCUT2D eigenvalue weighted by molar-refractivity contribution is 7.46. The molecule has 1 saturated heterocycles. The molecule has 0 aromatic carbocycles. The third kappa shape index (κ3) is 4.10. The van der Waals surface area contributed by atoms with Gasteiger partial charge in [-0.25, -0.2) is 28.3 Å². The zero-order chi connectivity index (χ0) is 18.2. The van der Waals surface area contributed by atoms with Crippen LogP contribution in [-0.4, -0.2) is 48.4 Å². The quantitative estimate of drug-likeness (QED) is 0.627. The van der Waals surface area contributed by atoms with Gasteiger partial charge in [0.1, 0.15) is 18.1 Å². The molecule has 3 unspecified atom stereocenters. The minimum atomic E-state index is -4.73. The Kier molecular flexibility index (Phi) is 4.98. The highest BCUT2D eigenvalue weighted by Crippen LogP contribution is 2.42. The normalized spacial score (nSPS) is 24.4. The Balaban J connectivity index is 1.82. The van der Waals surface area contributed by atoms with Crippen LogP contribution in [0, 0.1) is 5.92 Å². The molecular formula is C12H16F2N5O5P. The number of aromatic nitrogens is 4. The highest BCUT2D eigenvalue weighted by atomic mass is 31.2. The molecule has 0 amide bonds. The zero-order valence-electron chi connectivity index (χ0n) is 12.8. The standard InChI is InChI=1S/C12H16F2N5O5P/c13-8(14)1-6-2-9(24-7(6)3-23-25(20,21)22)19-5-18-10-11(15)16-4-17-12(10)19/h4-9H,1-3H2,(H2,15,16,17)(H2,20,21,22). The highest BCUT2D eigenvalue weighted by Gasteiger charge is 2.39. The number of rotatable bonds is 6. The lowest BCUT2D eigenvalue weighted by atomic mass is 9.97. The summed E-state index contributed by atoms with van der Waals surface area (Å²) in [6, 6.07) is 0. The van der Waals surface area contributed by atoms with Crippen molar-refractivity contribution >= 4 is 24.8 Å². The summed E-state index contributed by atoms with van der Waals surface area (Å²) in [6.45, 7) is -0.498. The smallest absolute Gasteiger partial charge is 0.382 e. The number of nitrogen functional groups attached to an aromatic ring is 1. The van der Waals surface area contributed by atoms with E-state index in [-0.39, 0.29) is 12.2 Å². The number of imidazole rings is 1. The number of ether oxygens (including phenoxy) is 1. The van der Waals surface area contributed by atoms with E-state index in [4.69, 9.17) is 20.3 Å². The fourth-order valence-corrected chi connectivity index (χ4v) is 3.20. The molecule has 0 saturated carbocycles. The number of hydrogen-bond donors (Lipinski definition) is 3. The van der Waals surface area contributed by atoms with Crippen LogP contribution in [0.15, 0.2) is 12.7 Å². The molecule has 10 nitrogen and oxygen atoms in total. The number of phosphoric acid groups is 1. The van der Waals surface area contributed by atoms with Crippen molar-refractivity contribution in [3.05, 3.63) is 12.7 Å². The lowest BCUT2D eigenvalue weighted by Crippen LogP contribution is -2.23. The van der Waals surface area contributed by atoms with Gasteiger partial charge in [-0.05, 0) is 12.3 Å². The van der Waals surface area contributed by atoms with Crippen molar-refractivity contribution in [3.63, 3.8) is 0 Å². The van der Waals surface area contributed by atoms with Gasteiger partial charge in [-0.3, -0.25) is 9.09 Å². The molecule has 3 rings (SSSR count). The maximum absolute atomic E-state index is 12.8. The van der Waals surface area contributed by atoms with E-state index in [2.05, 4.69) is 19.5 Å². The molecule has 3 atom stereocenters. The molecule has 13 heteroatoms. The van der Waals surface area contributed by atoms with Crippen molar-refractivity contribution in [2.24, 2.45) is 5.92 Å². The Hall–Kier alpha value is -1.72.